The first-order valence-corrected chi connectivity index (χ1v) is 11.5. The zero-order valence-electron chi connectivity index (χ0n) is 16.8. The molecule has 1 amide bonds. The molecule has 4 heterocycles. The topological polar surface area (TPSA) is 58.1 Å². The maximum atomic E-state index is 12.9. The summed E-state index contributed by atoms with van der Waals surface area (Å²) in [6.07, 6.45) is 2.51. The van der Waals surface area contributed by atoms with Crippen molar-refractivity contribution >= 4 is 43.9 Å². The van der Waals surface area contributed by atoms with Crippen LogP contribution < -0.4 is 5.32 Å². The lowest BCUT2D eigenvalue weighted by atomic mass is 9.99. The zero-order valence-corrected chi connectivity index (χ0v) is 18.5. The number of pyridine rings is 1. The Balaban J connectivity index is 1.47. The molecule has 148 valence electrons. The van der Waals surface area contributed by atoms with Crippen molar-refractivity contribution in [2.45, 2.75) is 47.1 Å². The number of anilines is 1. The number of thiophene rings is 1. The number of carbonyl (C=O) groups excluding carboxylic acids is 1. The number of nitrogens with one attached hydrogen (secondary N) is 1. The predicted molar refractivity (Wildman–Crippen MR) is 118 cm³/mol. The smallest absolute Gasteiger partial charge is 0.267 e. The molecule has 1 fully saturated rings. The number of rotatable bonds is 4. The van der Waals surface area contributed by atoms with Gasteiger partial charge in [0.2, 0.25) is 0 Å². The van der Waals surface area contributed by atoms with Crippen molar-refractivity contribution in [3.05, 3.63) is 38.8 Å². The quantitative estimate of drug-likeness (QED) is 0.640. The molecule has 0 spiro atoms. The molecule has 7 heteroatoms. The van der Waals surface area contributed by atoms with Gasteiger partial charge in [-0.25, -0.2) is 9.97 Å². The Morgan fingerprint density at radius 2 is 2.00 bits per heavy atom. The van der Waals surface area contributed by atoms with Crippen LogP contribution in [0.4, 0.5) is 5.13 Å². The fraction of sp³-hybridized carbons (Fsp3) is 0.476. The van der Waals surface area contributed by atoms with Gasteiger partial charge in [0.1, 0.15) is 4.83 Å². The number of carbonyl (C=O) groups is 1. The lowest BCUT2D eigenvalue weighted by Crippen LogP contribution is -2.32. The first-order valence-electron chi connectivity index (χ1n) is 9.76. The number of thiazole rings is 1. The Kier molecular flexibility index (Phi) is 5.49. The molecule has 3 aromatic heterocycles. The van der Waals surface area contributed by atoms with Crippen LogP contribution in [0.1, 0.15) is 52.0 Å². The Morgan fingerprint density at radius 1 is 1.25 bits per heavy atom. The molecule has 0 atom stereocenters. The highest BCUT2D eigenvalue weighted by Gasteiger charge is 2.20. The third kappa shape index (κ3) is 3.97. The summed E-state index contributed by atoms with van der Waals surface area (Å²) in [7, 11) is 0. The van der Waals surface area contributed by atoms with Crippen LogP contribution in [0.25, 0.3) is 10.2 Å². The summed E-state index contributed by atoms with van der Waals surface area (Å²) in [6, 6.07) is 2.07. The van der Waals surface area contributed by atoms with E-state index in [9.17, 15) is 4.79 Å². The van der Waals surface area contributed by atoms with Crippen LogP contribution in [0.3, 0.4) is 0 Å². The molecule has 0 saturated carbocycles. The van der Waals surface area contributed by atoms with Gasteiger partial charge in [-0.15, -0.1) is 22.7 Å². The van der Waals surface area contributed by atoms with E-state index in [2.05, 4.69) is 45.5 Å². The first-order chi connectivity index (χ1) is 13.4. The highest BCUT2D eigenvalue weighted by molar-refractivity contribution is 7.21. The molecule has 5 nitrogen and oxygen atoms in total. The van der Waals surface area contributed by atoms with Crippen molar-refractivity contribution in [1.29, 1.82) is 0 Å². The second kappa shape index (κ2) is 7.89. The SMILES string of the molecule is Cc1cc(C)c2c(C)c(C(=O)Nc3nc(CN4CCC(C)CC4)cs3)sc2n1. The van der Waals surface area contributed by atoms with Crippen LogP contribution in [-0.4, -0.2) is 33.9 Å². The summed E-state index contributed by atoms with van der Waals surface area (Å²) >= 11 is 2.96. The van der Waals surface area contributed by atoms with Gasteiger partial charge in [0.15, 0.2) is 5.13 Å². The molecule has 1 aliphatic heterocycles. The van der Waals surface area contributed by atoms with Crippen molar-refractivity contribution in [1.82, 2.24) is 14.9 Å². The van der Waals surface area contributed by atoms with Crippen LogP contribution in [0.5, 0.6) is 0 Å². The number of likely N-dealkylation sites (tertiary alicyclic amines) is 1. The van der Waals surface area contributed by atoms with E-state index in [0.717, 1.165) is 57.6 Å². The third-order valence-electron chi connectivity index (χ3n) is 5.47. The van der Waals surface area contributed by atoms with E-state index >= 15 is 0 Å². The molecule has 1 N–H and O–H groups in total. The van der Waals surface area contributed by atoms with Gasteiger partial charge < -0.3 is 0 Å². The Hall–Kier alpha value is -1.83. The van der Waals surface area contributed by atoms with E-state index < -0.39 is 0 Å². The van der Waals surface area contributed by atoms with Gasteiger partial charge >= 0.3 is 0 Å². The summed E-state index contributed by atoms with van der Waals surface area (Å²) in [4.78, 5) is 26.2. The number of aromatic nitrogens is 2. The number of fused-ring (bicyclic) bond motifs is 1. The molecule has 0 radical (unpaired) electrons. The van der Waals surface area contributed by atoms with Crippen LogP contribution >= 0.6 is 22.7 Å². The van der Waals surface area contributed by atoms with Gasteiger partial charge in [0.05, 0.1) is 10.6 Å². The lowest BCUT2D eigenvalue weighted by molar-refractivity contribution is 0.103. The van der Waals surface area contributed by atoms with Crippen LogP contribution in [0.15, 0.2) is 11.4 Å². The van der Waals surface area contributed by atoms with Crippen molar-refractivity contribution in [3.8, 4) is 0 Å². The summed E-state index contributed by atoms with van der Waals surface area (Å²) in [6.45, 7) is 11.5. The Labute approximate surface area is 173 Å². The molecule has 1 aliphatic rings. The van der Waals surface area contributed by atoms with Gasteiger partial charge in [-0.05, 0) is 69.8 Å². The van der Waals surface area contributed by atoms with E-state index in [-0.39, 0.29) is 5.91 Å². The van der Waals surface area contributed by atoms with Crippen molar-refractivity contribution < 1.29 is 4.79 Å². The molecule has 4 rings (SSSR count). The second-order valence-electron chi connectivity index (χ2n) is 7.87. The minimum atomic E-state index is -0.0924. The summed E-state index contributed by atoms with van der Waals surface area (Å²) in [5.41, 5.74) is 4.19. The average molecular weight is 415 g/mol. The van der Waals surface area contributed by atoms with Gasteiger partial charge in [-0.1, -0.05) is 6.92 Å². The molecular formula is C21H26N4OS2. The normalized spacial score (nSPS) is 16.0. The number of hydrogen-bond acceptors (Lipinski definition) is 6. The van der Waals surface area contributed by atoms with Crippen LogP contribution in [-0.2, 0) is 6.54 Å². The van der Waals surface area contributed by atoms with E-state index in [4.69, 9.17) is 0 Å². The lowest BCUT2D eigenvalue weighted by Gasteiger charge is -2.29. The molecule has 1 saturated heterocycles. The predicted octanol–water partition coefficient (Wildman–Crippen LogP) is 5.16. The van der Waals surface area contributed by atoms with Gasteiger partial charge in [-0.3, -0.25) is 15.0 Å². The highest BCUT2D eigenvalue weighted by Crippen LogP contribution is 2.33. The van der Waals surface area contributed by atoms with Crippen LogP contribution in [0, 0.1) is 26.7 Å². The Bertz CT molecular complexity index is 1020. The summed E-state index contributed by atoms with van der Waals surface area (Å²) < 4.78 is 0. The minimum absolute atomic E-state index is 0.0924. The first kappa shape index (κ1) is 19.5. The van der Waals surface area contributed by atoms with E-state index in [1.807, 2.05) is 13.8 Å². The number of aryl methyl sites for hydroxylation is 3. The molecular weight excluding hydrogens is 388 g/mol. The van der Waals surface area contributed by atoms with E-state index in [1.54, 1.807) is 0 Å². The van der Waals surface area contributed by atoms with Crippen molar-refractivity contribution in [2.24, 2.45) is 5.92 Å². The third-order valence-corrected chi connectivity index (χ3v) is 7.46. The number of hydrogen-bond donors (Lipinski definition) is 1. The second-order valence-corrected chi connectivity index (χ2v) is 9.73. The monoisotopic (exact) mass is 414 g/mol. The fourth-order valence-electron chi connectivity index (χ4n) is 3.88. The van der Waals surface area contributed by atoms with Crippen LogP contribution in [0.2, 0.25) is 0 Å². The number of amides is 1. The zero-order chi connectivity index (χ0) is 19.8. The number of piperidine rings is 1. The maximum absolute atomic E-state index is 12.9. The van der Waals surface area contributed by atoms with Gasteiger partial charge in [0.25, 0.3) is 5.91 Å². The average Bonchev–Trinajstić information content (AvgIpc) is 3.21. The van der Waals surface area contributed by atoms with Gasteiger partial charge in [0, 0.05) is 23.0 Å². The molecule has 28 heavy (non-hydrogen) atoms. The summed E-state index contributed by atoms with van der Waals surface area (Å²) in [5, 5.41) is 6.81. The van der Waals surface area contributed by atoms with E-state index in [0.29, 0.717) is 5.13 Å². The number of nitrogens with zero attached hydrogens (tertiary/aromatic N) is 3. The van der Waals surface area contributed by atoms with Crippen molar-refractivity contribution in [3.63, 3.8) is 0 Å². The maximum Gasteiger partial charge on any atom is 0.267 e. The fourth-order valence-corrected chi connectivity index (χ4v) is 5.77. The standard InChI is InChI=1S/C21H26N4OS2/c1-12-5-7-25(8-6-12)10-16-11-27-21(23-16)24-19(26)18-15(4)17-13(2)9-14(3)22-20(17)28-18/h9,11-12H,5-8,10H2,1-4H3,(H,23,24,26). The minimum Gasteiger partial charge on any atom is -0.297 e. The highest BCUT2D eigenvalue weighted by atomic mass is 32.1. The van der Waals surface area contributed by atoms with Crippen molar-refractivity contribution in [2.75, 3.05) is 18.4 Å². The van der Waals surface area contributed by atoms with E-state index in [1.165, 1.54) is 41.1 Å². The van der Waals surface area contributed by atoms with Gasteiger partial charge in [-0.2, -0.15) is 0 Å². The largest absolute Gasteiger partial charge is 0.297 e. The molecule has 0 aliphatic carbocycles. The molecule has 0 aromatic carbocycles. The molecule has 3 aromatic rings. The Morgan fingerprint density at radius 3 is 2.75 bits per heavy atom. The molecule has 0 bridgehead atoms. The molecule has 0 unspecified atom stereocenters. The summed E-state index contributed by atoms with van der Waals surface area (Å²) in [5.74, 6) is 0.734.